The first kappa shape index (κ1) is 18.5. The molecule has 0 saturated carbocycles. The molecule has 1 aromatic heterocycles. The van der Waals surface area contributed by atoms with Crippen LogP contribution in [-0.4, -0.2) is 25.3 Å². The van der Waals surface area contributed by atoms with Crippen molar-refractivity contribution in [3.63, 3.8) is 0 Å². The largest absolute Gasteiger partial charge is 0.493 e. The molecule has 5 nitrogen and oxygen atoms in total. The first-order valence-electron chi connectivity index (χ1n) is 8.09. The summed E-state index contributed by atoms with van der Waals surface area (Å²) in [4.78, 5) is 12.8. The summed E-state index contributed by atoms with van der Waals surface area (Å²) in [6.45, 7) is 1.79. The van der Waals surface area contributed by atoms with Gasteiger partial charge in [-0.15, -0.1) is 11.3 Å². The minimum Gasteiger partial charge on any atom is -0.493 e. The van der Waals surface area contributed by atoms with Crippen molar-refractivity contribution >= 4 is 38.5 Å². The maximum absolute atomic E-state index is 11.9. The van der Waals surface area contributed by atoms with Gasteiger partial charge in [-0.05, 0) is 47.7 Å². The molecule has 0 unspecified atom stereocenters. The topological polar surface area (TPSA) is 79.5 Å². The fourth-order valence-electron chi connectivity index (χ4n) is 2.89. The van der Waals surface area contributed by atoms with Crippen molar-refractivity contribution in [2.75, 3.05) is 14.2 Å². The number of hydrogen-bond acceptors (Lipinski definition) is 5. The Labute approximate surface area is 160 Å². The number of carboxylic acid groups (broad SMARTS) is 1. The summed E-state index contributed by atoms with van der Waals surface area (Å²) in [5, 5.41) is 19.7. The molecular weight excluding hydrogens is 362 g/mol. The minimum atomic E-state index is -1.01. The molecule has 0 bridgehead atoms. The SMILES string of the molecule is COc1cc2cc(C(C)=C(C(=O)O)c3ccc(C#N)cc3)sc2cc1OC. The molecule has 3 aromatic rings. The molecule has 0 aliphatic rings. The molecule has 0 fully saturated rings. The van der Waals surface area contributed by atoms with Crippen LogP contribution in [0, 0.1) is 11.3 Å². The van der Waals surface area contributed by atoms with E-state index in [1.807, 2.05) is 24.3 Å². The number of benzene rings is 2. The van der Waals surface area contributed by atoms with Crippen LogP contribution < -0.4 is 9.47 Å². The van der Waals surface area contributed by atoms with Gasteiger partial charge in [0.1, 0.15) is 0 Å². The summed E-state index contributed by atoms with van der Waals surface area (Å²) in [6.07, 6.45) is 0. The number of allylic oxidation sites excluding steroid dienone is 1. The molecular formula is C21H17NO4S. The van der Waals surface area contributed by atoms with Crippen LogP contribution in [0.2, 0.25) is 0 Å². The van der Waals surface area contributed by atoms with Gasteiger partial charge in [0, 0.05) is 15.6 Å². The van der Waals surface area contributed by atoms with Crippen molar-refractivity contribution < 1.29 is 19.4 Å². The first-order valence-corrected chi connectivity index (χ1v) is 8.90. The van der Waals surface area contributed by atoms with E-state index in [4.69, 9.17) is 14.7 Å². The second-order valence-corrected chi connectivity index (χ2v) is 6.93. The molecule has 0 aliphatic carbocycles. The molecule has 0 spiro atoms. The van der Waals surface area contributed by atoms with Crippen molar-refractivity contribution in [2.45, 2.75) is 6.92 Å². The lowest BCUT2D eigenvalue weighted by atomic mass is 9.98. The summed E-state index contributed by atoms with van der Waals surface area (Å²) in [6, 6.07) is 14.3. The van der Waals surface area contributed by atoms with E-state index in [-0.39, 0.29) is 5.57 Å². The highest BCUT2D eigenvalue weighted by Gasteiger charge is 2.18. The number of fused-ring (bicyclic) bond motifs is 1. The Morgan fingerprint density at radius 2 is 1.70 bits per heavy atom. The molecule has 0 amide bonds. The number of aliphatic carboxylic acids is 1. The van der Waals surface area contributed by atoms with Crippen LogP contribution in [0.1, 0.15) is 22.9 Å². The molecule has 0 aliphatic heterocycles. The average Bonchev–Trinajstić information content (AvgIpc) is 3.10. The fourth-order valence-corrected chi connectivity index (χ4v) is 3.97. The Hall–Kier alpha value is -3.30. The summed E-state index contributed by atoms with van der Waals surface area (Å²) in [5.74, 6) is 0.247. The van der Waals surface area contributed by atoms with Gasteiger partial charge in [-0.2, -0.15) is 5.26 Å². The molecule has 0 atom stereocenters. The van der Waals surface area contributed by atoms with E-state index in [2.05, 4.69) is 0 Å². The minimum absolute atomic E-state index is 0.213. The highest BCUT2D eigenvalue weighted by molar-refractivity contribution is 7.20. The second kappa shape index (κ2) is 7.52. The van der Waals surface area contributed by atoms with E-state index in [1.54, 1.807) is 45.4 Å². The number of hydrogen-bond donors (Lipinski definition) is 1. The Balaban J connectivity index is 2.16. The Bertz CT molecular complexity index is 1050. The molecule has 2 aromatic carbocycles. The van der Waals surface area contributed by atoms with E-state index >= 15 is 0 Å². The molecule has 1 N–H and O–H groups in total. The highest BCUT2D eigenvalue weighted by Crippen LogP contribution is 2.39. The maximum Gasteiger partial charge on any atom is 0.336 e. The van der Waals surface area contributed by atoms with Crippen molar-refractivity contribution in [1.82, 2.24) is 0 Å². The number of ether oxygens (including phenoxy) is 2. The molecule has 0 radical (unpaired) electrons. The number of nitrogens with zero attached hydrogens (tertiary/aromatic N) is 1. The smallest absolute Gasteiger partial charge is 0.336 e. The Kier molecular flexibility index (Phi) is 5.15. The number of carbonyl (C=O) groups is 1. The zero-order chi connectivity index (χ0) is 19.6. The van der Waals surface area contributed by atoms with Crippen LogP contribution in [0.15, 0.2) is 42.5 Å². The number of carboxylic acids is 1. The van der Waals surface area contributed by atoms with Crippen LogP contribution in [0.4, 0.5) is 0 Å². The van der Waals surface area contributed by atoms with Crippen molar-refractivity contribution in [1.29, 1.82) is 5.26 Å². The van der Waals surface area contributed by atoms with Gasteiger partial charge in [0.2, 0.25) is 0 Å². The fraction of sp³-hybridized carbons (Fsp3) is 0.143. The summed E-state index contributed by atoms with van der Waals surface area (Å²) < 4.78 is 11.7. The van der Waals surface area contributed by atoms with Crippen LogP contribution in [-0.2, 0) is 4.79 Å². The number of nitriles is 1. The molecule has 3 rings (SSSR count). The van der Waals surface area contributed by atoms with Gasteiger partial charge in [-0.25, -0.2) is 4.79 Å². The summed E-state index contributed by atoms with van der Waals surface area (Å²) in [7, 11) is 3.16. The van der Waals surface area contributed by atoms with E-state index < -0.39 is 5.97 Å². The third kappa shape index (κ3) is 3.50. The van der Waals surface area contributed by atoms with E-state index in [0.717, 1.165) is 15.0 Å². The molecule has 0 saturated heterocycles. The predicted octanol–water partition coefficient (Wildman–Crippen LogP) is 4.81. The number of rotatable bonds is 5. The second-order valence-electron chi connectivity index (χ2n) is 5.85. The van der Waals surface area contributed by atoms with Crippen molar-refractivity contribution in [3.8, 4) is 17.6 Å². The lowest BCUT2D eigenvalue weighted by Crippen LogP contribution is -2.02. The lowest BCUT2D eigenvalue weighted by molar-refractivity contribution is -0.130. The third-order valence-corrected chi connectivity index (χ3v) is 5.50. The van der Waals surface area contributed by atoms with Gasteiger partial charge in [-0.1, -0.05) is 12.1 Å². The number of thiophene rings is 1. The van der Waals surface area contributed by atoms with Gasteiger partial charge in [-0.3, -0.25) is 0 Å². The zero-order valence-corrected chi connectivity index (χ0v) is 15.9. The van der Waals surface area contributed by atoms with Crippen molar-refractivity contribution in [2.24, 2.45) is 0 Å². The van der Waals surface area contributed by atoms with Crippen LogP contribution in [0.5, 0.6) is 11.5 Å². The van der Waals surface area contributed by atoms with Crippen LogP contribution in [0.25, 0.3) is 21.2 Å². The third-order valence-electron chi connectivity index (χ3n) is 4.28. The Morgan fingerprint density at radius 3 is 2.26 bits per heavy atom. The van der Waals surface area contributed by atoms with Gasteiger partial charge in [0.15, 0.2) is 11.5 Å². The normalized spacial score (nSPS) is 11.6. The average molecular weight is 379 g/mol. The van der Waals surface area contributed by atoms with Gasteiger partial charge in [0.05, 0.1) is 31.4 Å². The van der Waals surface area contributed by atoms with Gasteiger partial charge >= 0.3 is 5.97 Å². The van der Waals surface area contributed by atoms with Gasteiger partial charge < -0.3 is 14.6 Å². The Morgan fingerprint density at radius 1 is 1.07 bits per heavy atom. The van der Waals surface area contributed by atoms with Crippen molar-refractivity contribution in [3.05, 3.63) is 58.5 Å². The molecule has 136 valence electrons. The monoisotopic (exact) mass is 379 g/mol. The predicted molar refractivity (Wildman–Crippen MR) is 106 cm³/mol. The summed E-state index contributed by atoms with van der Waals surface area (Å²) in [5.41, 5.74) is 1.92. The van der Waals surface area contributed by atoms with E-state index in [9.17, 15) is 9.90 Å². The molecule has 6 heteroatoms. The molecule has 1 heterocycles. The van der Waals surface area contributed by atoms with Crippen LogP contribution >= 0.6 is 11.3 Å². The van der Waals surface area contributed by atoms with Crippen LogP contribution in [0.3, 0.4) is 0 Å². The first-order chi connectivity index (χ1) is 13.0. The highest BCUT2D eigenvalue weighted by atomic mass is 32.1. The molecule has 27 heavy (non-hydrogen) atoms. The number of methoxy groups -OCH3 is 2. The zero-order valence-electron chi connectivity index (χ0n) is 15.1. The summed E-state index contributed by atoms with van der Waals surface area (Å²) >= 11 is 1.49. The van der Waals surface area contributed by atoms with E-state index in [1.165, 1.54) is 11.3 Å². The standard InChI is InChI=1S/C21H17NO4S/c1-12(20(21(23)24)14-6-4-13(11-22)5-7-14)18-9-15-8-16(25-2)17(26-3)10-19(15)27-18/h4-10H,1-3H3,(H,23,24). The van der Waals surface area contributed by atoms with E-state index in [0.29, 0.717) is 28.2 Å². The van der Waals surface area contributed by atoms with Gasteiger partial charge in [0.25, 0.3) is 0 Å². The lowest BCUT2D eigenvalue weighted by Gasteiger charge is -2.07. The maximum atomic E-state index is 11.9. The quantitative estimate of drug-likeness (QED) is 0.644.